The van der Waals surface area contributed by atoms with Crippen molar-refractivity contribution in [3.8, 4) is 0 Å². The average molecular weight is 184 g/mol. The predicted molar refractivity (Wildman–Crippen MR) is 58.4 cm³/mol. The van der Waals surface area contributed by atoms with Crippen LogP contribution in [0, 0.1) is 0 Å². The van der Waals surface area contributed by atoms with Crippen molar-refractivity contribution in [3.05, 3.63) is 47.7 Å². The molecule has 0 N–H and O–H groups in total. The molecule has 0 aliphatic carbocycles. The minimum absolute atomic E-state index is 0.934. The number of allylic oxidation sites excluding steroid dienone is 2. The summed E-state index contributed by atoms with van der Waals surface area (Å²) in [6.45, 7) is 2.09. The first-order chi connectivity index (χ1) is 6.90. The molecule has 0 spiro atoms. The quantitative estimate of drug-likeness (QED) is 0.628. The Labute approximate surface area is 83.7 Å². The summed E-state index contributed by atoms with van der Waals surface area (Å²) in [6.07, 6.45) is 7.09. The first-order valence-electron chi connectivity index (χ1n) is 4.79. The van der Waals surface area contributed by atoms with E-state index in [1.165, 1.54) is 0 Å². The Morgan fingerprint density at radius 1 is 1.14 bits per heavy atom. The monoisotopic (exact) mass is 184 g/mol. The van der Waals surface area contributed by atoms with Gasteiger partial charge in [0.15, 0.2) is 0 Å². The lowest BCUT2D eigenvalue weighted by Gasteiger charge is -1.94. The minimum atomic E-state index is 0.934. The van der Waals surface area contributed by atoms with E-state index in [9.17, 15) is 0 Å². The van der Waals surface area contributed by atoms with Crippen LogP contribution in [-0.2, 0) is 0 Å². The van der Waals surface area contributed by atoms with E-state index in [0.29, 0.717) is 0 Å². The smallest absolute Gasteiger partial charge is 0.0929 e. The van der Waals surface area contributed by atoms with Gasteiger partial charge in [0.25, 0.3) is 0 Å². The predicted octanol–water partition coefficient (Wildman–Crippen LogP) is 4.09. The number of azo groups is 1. The van der Waals surface area contributed by atoms with Gasteiger partial charge in [-0.25, -0.2) is 0 Å². The molecule has 2 rings (SSSR count). The molecule has 0 amide bonds. The number of rotatable bonds is 1. The number of benzene rings is 1. The molecular weight excluding hydrogens is 172 g/mol. The third-order valence-electron chi connectivity index (χ3n) is 2.06. The molecule has 0 atom stereocenters. The van der Waals surface area contributed by atoms with Crippen molar-refractivity contribution in [2.45, 2.75) is 13.3 Å². The van der Waals surface area contributed by atoms with Crippen molar-refractivity contribution < 1.29 is 0 Å². The van der Waals surface area contributed by atoms with E-state index >= 15 is 0 Å². The van der Waals surface area contributed by atoms with E-state index in [1.807, 2.05) is 30.3 Å². The fourth-order valence-electron chi connectivity index (χ4n) is 1.36. The van der Waals surface area contributed by atoms with Gasteiger partial charge in [-0.15, -0.1) is 5.11 Å². The zero-order valence-corrected chi connectivity index (χ0v) is 8.14. The fourth-order valence-corrected chi connectivity index (χ4v) is 1.36. The van der Waals surface area contributed by atoms with E-state index < -0.39 is 0 Å². The Hall–Kier alpha value is -1.70. The van der Waals surface area contributed by atoms with Crippen molar-refractivity contribution >= 4 is 11.8 Å². The largest absolute Gasteiger partial charge is 0.151 e. The van der Waals surface area contributed by atoms with E-state index in [4.69, 9.17) is 0 Å². The molecule has 14 heavy (non-hydrogen) atoms. The van der Waals surface area contributed by atoms with Gasteiger partial charge < -0.3 is 0 Å². The van der Waals surface area contributed by atoms with Crippen molar-refractivity contribution in [2.75, 3.05) is 0 Å². The molecule has 2 heteroatoms. The normalized spacial score (nSPS) is 16.8. The van der Waals surface area contributed by atoms with Crippen LogP contribution in [0.3, 0.4) is 0 Å². The van der Waals surface area contributed by atoms with Gasteiger partial charge in [0.05, 0.1) is 11.4 Å². The maximum atomic E-state index is 4.18. The molecule has 0 bridgehead atoms. The Balaban J connectivity index is 2.42. The molecule has 0 aromatic heterocycles. The summed E-state index contributed by atoms with van der Waals surface area (Å²) in [5.41, 5.74) is 2.99. The third kappa shape index (κ3) is 1.79. The van der Waals surface area contributed by atoms with Gasteiger partial charge in [0.2, 0.25) is 0 Å². The van der Waals surface area contributed by atoms with E-state index in [0.717, 1.165) is 23.4 Å². The fraction of sp³-hybridized carbons (Fsp3) is 0.167. The molecule has 0 fully saturated rings. The zero-order chi connectivity index (χ0) is 9.80. The molecule has 0 saturated heterocycles. The van der Waals surface area contributed by atoms with Gasteiger partial charge >= 0.3 is 0 Å². The third-order valence-corrected chi connectivity index (χ3v) is 2.06. The summed E-state index contributed by atoms with van der Waals surface area (Å²) in [6, 6.07) is 7.99. The Morgan fingerprint density at radius 2 is 2.00 bits per heavy atom. The summed E-state index contributed by atoms with van der Waals surface area (Å²) in [4.78, 5) is 0. The van der Waals surface area contributed by atoms with E-state index in [2.05, 4.69) is 29.3 Å². The average Bonchev–Trinajstić information content (AvgIpc) is 2.42. The lowest BCUT2D eigenvalue weighted by molar-refractivity contribution is 1.12. The van der Waals surface area contributed by atoms with Crippen LogP contribution in [-0.4, -0.2) is 0 Å². The summed E-state index contributed by atoms with van der Waals surface area (Å²) in [5, 5.41) is 8.33. The van der Waals surface area contributed by atoms with Crippen molar-refractivity contribution in [3.63, 3.8) is 0 Å². The van der Waals surface area contributed by atoms with Crippen molar-refractivity contribution in [2.24, 2.45) is 10.2 Å². The second kappa shape index (κ2) is 4.01. The van der Waals surface area contributed by atoms with E-state index in [-0.39, 0.29) is 0 Å². The van der Waals surface area contributed by atoms with Crippen LogP contribution in [0.2, 0.25) is 0 Å². The van der Waals surface area contributed by atoms with Crippen LogP contribution in [0.1, 0.15) is 18.9 Å². The highest BCUT2D eigenvalue weighted by Gasteiger charge is 2.00. The van der Waals surface area contributed by atoms with Crippen LogP contribution in [0.4, 0.5) is 5.69 Å². The van der Waals surface area contributed by atoms with Crippen molar-refractivity contribution in [1.29, 1.82) is 0 Å². The maximum absolute atomic E-state index is 4.18. The number of hydrogen-bond donors (Lipinski definition) is 0. The summed E-state index contributed by atoms with van der Waals surface area (Å²) in [5.74, 6) is 0. The van der Waals surface area contributed by atoms with Gasteiger partial charge in [0.1, 0.15) is 0 Å². The first-order valence-corrected chi connectivity index (χ1v) is 4.79. The Morgan fingerprint density at radius 3 is 2.86 bits per heavy atom. The van der Waals surface area contributed by atoms with Gasteiger partial charge in [0, 0.05) is 5.56 Å². The van der Waals surface area contributed by atoms with Crippen LogP contribution in [0.15, 0.2) is 52.3 Å². The molecule has 70 valence electrons. The van der Waals surface area contributed by atoms with Crippen LogP contribution in [0.5, 0.6) is 0 Å². The highest BCUT2D eigenvalue weighted by Crippen LogP contribution is 2.25. The SMILES string of the molecule is CCC=C1C=Cc2ccccc2N=N1. The van der Waals surface area contributed by atoms with Crippen molar-refractivity contribution in [1.82, 2.24) is 0 Å². The molecule has 0 unspecified atom stereocenters. The van der Waals surface area contributed by atoms with Crippen LogP contribution in [0.25, 0.3) is 6.08 Å². The molecule has 0 saturated carbocycles. The first kappa shape index (κ1) is 8.88. The highest BCUT2D eigenvalue weighted by molar-refractivity contribution is 5.66. The van der Waals surface area contributed by atoms with Crippen LogP contribution >= 0.6 is 0 Å². The molecule has 1 aliphatic rings. The van der Waals surface area contributed by atoms with Gasteiger partial charge in [-0.3, -0.25) is 0 Å². The van der Waals surface area contributed by atoms with Gasteiger partial charge in [-0.1, -0.05) is 37.3 Å². The highest BCUT2D eigenvalue weighted by atomic mass is 15.1. The standard InChI is InChI=1S/C12H12N2/c1-2-5-11-9-8-10-6-3-4-7-12(10)14-13-11/h3-9H,2H2,1H3. The van der Waals surface area contributed by atoms with Gasteiger partial charge in [-0.05, 0) is 18.6 Å². The maximum Gasteiger partial charge on any atom is 0.0929 e. The molecule has 1 aromatic carbocycles. The molecule has 0 radical (unpaired) electrons. The summed E-state index contributed by atoms with van der Waals surface area (Å²) in [7, 11) is 0. The molecule has 1 heterocycles. The minimum Gasteiger partial charge on any atom is -0.151 e. The second-order valence-electron chi connectivity index (χ2n) is 3.13. The summed E-state index contributed by atoms with van der Waals surface area (Å²) < 4.78 is 0. The van der Waals surface area contributed by atoms with Crippen LogP contribution < -0.4 is 0 Å². The molecule has 2 nitrogen and oxygen atoms in total. The zero-order valence-electron chi connectivity index (χ0n) is 8.14. The molecule has 1 aromatic rings. The molecular formula is C12H12N2. The number of fused-ring (bicyclic) bond motifs is 1. The second-order valence-corrected chi connectivity index (χ2v) is 3.13. The molecule has 1 aliphatic heterocycles. The van der Waals surface area contributed by atoms with Gasteiger partial charge in [-0.2, -0.15) is 5.11 Å². The Kier molecular flexibility index (Phi) is 2.54. The Bertz CT molecular complexity index is 379. The lowest BCUT2D eigenvalue weighted by Crippen LogP contribution is -1.69. The summed E-state index contributed by atoms with van der Waals surface area (Å²) >= 11 is 0. The van der Waals surface area contributed by atoms with E-state index in [1.54, 1.807) is 0 Å². The lowest BCUT2D eigenvalue weighted by atomic mass is 10.1. The topological polar surface area (TPSA) is 24.7 Å². The number of hydrogen-bond acceptors (Lipinski definition) is 2. The number of nitrogens with zero attached hydrogens (tertiary/aromatic N) is 2.